The monoisotopic (exact) mass is 557 g/mol. The molecule has 1 saturated carbocycles. The van der Waals surface area contributed by atoms with E-state index in [1.54, 1.807) is 13.0 Å². The van der Waals surface area contributed by atoms with Crippen molar-refractivity contribution < 1.29 is 19.0 Å². The third-order valence-corrected chi connectivity index (χ3v) is 8.78. The summed E-state index contributed by atoms with van der Waals surface area (Å²) in [5.74, 6) is 1.92. The SMILES string of the molecule is CCCOc1ccc(NC(=O)c2ccc(NSCCO)cc2N2CCC3(CC2)CC3)nc1N1CCC(C)(F)C1. The number of anilines is 4. The molecule has 212 valence electrons. The molecule has 3 aliphatic rings. The Hall–Kier alpha value is -2.72. The minimum absolute atomic E-state index is 0.0957. The lowest BCUT2D eigenvalue weighted by atomic mass is 9.93. The Bertz CT molecular complexity index is 1170. The second-order valence-corrected chi connectivity index (χ2v) is 12.2. The first-order valence-electron chi connectivity index (χ1n) is 14.1. The maximum absolute atomic E-state index is 14.7. The van der Waals surface area contributed by atoms with Crippen LogP contribution in [0.2, 0.25) is 0 Å². The first-order chi connectivity index (χ1) is 18.8. The Kier molecular flexibility index (Phi) is 8.42. The van der Waals surface area contributed by atoms with Gasteiger partial charge in [0.05, 0.1) is 31.0 Å². The van der Waals surface area contributed by atoms with Crippen LogP contribution in [0.5, 0.6) is 5.75 Å². The number of aliphatic hydroxyl groups is 1. The molecule has 3 fully saturated rings. The van der Waals surface area contributed by atoms with Gasteiger partial charge in [-0.05, 0) is 74.8 Å². The van der Waals surface area contributed by atoms with Crippen LogP contribution in [-0.2, 0) is 0 Å². The van der Waals surface area contributed by atoms with Gasteiger partial charge in [-0.1, -0.05) is 18.9 Å². The number of benzene rings is 1. The quantitative estimate of drug-likeness (QED) is 0.247. The second-order valence-electron chi connectivity index (χ2n) is 11.3. The minimum Gasteiger partial charge on any atom is -0.490 e. The van der Waals surface area contributed by atoms with Gasteiger partial charge in [0.25, 0.3) is 5.91 Å². The zero-order valence-electron chi connectivity index (χ0n) is 23.0. The molecule has 3 N–H and O–H groups in total. The van der Waals surface area contributed by atoms with Crippen molar-refractivity contribution >= 4 is 40.9 Å². The number of carbonyl (C=O) groups excluding carboxylic acids is 1. The summed E-state index contributed by atoms with van der Waals surface area (Å²) in [4.78, 5) is 22.6. The van der Waals surface area contributed by atoms with Gasteiger partial charge < -0.3 is 29.7 Å². The molecule has 8 nitrogen and oxygen atoms in total. The fourth-order valence-corrected chi connectivity index (χ4v) is 5.96. The van der Waals surface area contributed by atoms with Gasteiger partial charge >= 0.3 is 0 Å². The second kappa shape index (κ2) is 11.8. The molecular formula is C29H40FN5O3S. The van der Waals surface area contributed by atoms with Gasteiger partial charge in [0.2, 0.25) is 0 Å². The highest BCUT2D eigenvalue weighted by atomic mass is 32.2. The Morgan fingerprint density at radius 2 is 1.90 bits per heavy atom. The Morgan fingerprint density at radius 3 is 2.56 bits per heavy atom. The first-order valence-corrected chi connectivity index (χ1v) is 15.1. The fraction of sp³-hybridized carbons (Fsp3) is 0.586. The van der Waals surface area contributed by atoms with Crippen LogP contribution in [0.25, 0.3) is 0 Å². The van der Waals surface area contributed by atoms with E-state index in [1.165, 1.54) is 24.8 Å². The molecule has 1 aliphatic carbocycles. The number of aliphatic hydroxyl groups excluding tert-OH is 1. The summed E-state index contributed by atoms with van der Waals surface area (Å²) in [6.45, 7) is 6.92. The van der Waals surface area contributed by atoms with Crippen molar-refractivity contribution in [2.45, 2.75) is 58.0 Å². The number of nitrogens with zero attached hydrogens (tertiary/aromatic N) is 3. The van der Waals surface area contributed by atoms with Crippen LogP contribution in [0, 0.1) is 5.41 Å². The predicted molar refractivity (Wildman–Crippen MR) is 157 cm³/mol. The molecule has 0 radical (unpaired) electrons. The number of alkyl halides is 1. The molecule has 3 heterocycles. The van der Waals surface area contributed by atoms with Crippen molar-refractivity contribution in [3.8, 4) is 5.75 Å². The van der Waals surface area contributed by atoms with Crippen molar-refractivity contribution in [2.24, 2.45) is 5.41 Å². The molecule has 2 saturated heterocycles. The highest BCUT2D eigenvalue weighted by Crippen LogP contribution is 2.54. The number of amides is 1. The summed E-state index contributed by atoms with van der Waals surface area (Å²) in [6, 6.07) is 9.32. The van der Waals surface area contributed by atoms with Gasteiger partial charge in [-0.2, -0.15) is 0 Å². The summed E-state index contributed by atoms with van der Waals surface area (Å²) < 4.78 is 23.9. The number of rotatable bonds is 11. The number of halogens is 1. The maximum atomic E-state index is 14.7. The number of ether oxygens (including phenoxy) is 1. The van der Waals surface area contributed by atoms with Crippen molar-refractivity contribution in [3.63, 3.8) is 0 Å². The number of pyridine rings is 1. The number of hydrogen-bond donors (Lipinski definition) is 3. The lowest BCUT2D eigenvalue weighted by molar-refractivity contribution is 0.102. The van der Waals surface area contributed by atoms with Crippen LogP contribution < -0.4 is 24.6 Å². The van der Waals surface area contributed by atoms with E-state index >= 15 is 0 Å². The van der Waals surface area contributed by atoms with Crippen LogP contribution in [0.4, 0.5) is 27.4 Å². The normalized spacial score (nSPS) is 21.7. The van der Waals surface area contributed by atoms with Gasteiger partial charge in [0, 0.05) is 37.5 Å². The summed E-state index contributed by atoms with van der Waals surface area (Å²) in [6.07, 6.45) is 6.21. The van der Waals surface area contributed by atoms with Crippen molar-refractivity contribution in [1.82, 2.24) is 4.98 Å². The number of aromatic nitrogens is 1. The van der Waals surface area contributed by atoms with Crippen LogP contribution >= 0.6 is 11.9 Å². The number of nitrogens with one attached hydrogen (secondary N) is 2. The summed E-state index contributed by atoms with van der Waals surface area (Å²) >= 11 is 1.44. The summed E-state index contributed by atoms with van der Waals surface area (Å²) in [5, 5.41) is 12.1. The highest BCUT2D eigenvalue weighted by Gasteiger charge is 2.44. The van der Waals surface area contributed by atoms with Gasteiger partial charge in [-0.25, -0.2) is 9.37 Å². The number of piperidine rings is 1. The predicted octanol–water partition coefficient (Wildman–Crippen LogP) is 5.49. The van der Waals surface area contributed by atoms with E-state index in [0.717, 1.165) is 43.7 Å². The molecule has 39 heavy (non-hydrogen) atoms. The minimum atomic E-state index is -1.28. The van der Waals surface area contributed by atoms with Crippen LogP contribution in [0.1, 0.15) is 62.7 Å². The third kappa shape index (κ3) is 6.72. The zero-order chi connectivity index (χ0) is 27.5. The van der Waals surface area contributed by atoms with E-state index in [1.807, 2.05) is 36.1 Å². The van der Waals surface area contributed by atoms with E-state index in [2.05, 4.69) is 14.9 Å². The van der Waals surface area contributed by atoms with E-state index in [0.29, 0.717) is 53.7 Å². The van der Waals surface area contributed by atoms with E-state index in [9.17, 15) is 9.18 Å². The lowest BCUT2D eigenvalue weighted by Crippen LogP contribution is -2.35. The molecule has 2 aromatic rings. The highest BCUT2D eigenvalue weighted by molar-refractivity contribution is 8.00. The lowest BCUT2D eigenvalue weighted by Gasteiger charge is -2.35. The third-order valence-electron chi connectivity index (χ3n) is 8.01. The topological polar surface area (TPSA) is 90.0 Å². The van der Waals surface area contributed by atoms with Gasteiger partial charge in [0.15, 0.2) is 11.6 Å². The fourth-order valence-electron chi connectivity index (χ4n) is 5.47. The smallest absolute Gasteiger partial charge is 0.258 e. The average Bonchev–Trinajstić information content (AvgIpc) is 3.58. The summed E-state index contributed by atoms with van der Waals surface area (Å²) in [5.41, 5.74) is 1.63. The molecular weight excluding hydrogens is 517 g/mol. The molecule has 1 aromatic carbocycles. The largest absolute Gasteiger partial charge is 0.490 e. The molecule has 2 aliphatic heterocycles. The first kappa shape index (κ1) is 27.8. The molecule has 1 aromatic heterocycles. The maximum Gasteiger partial charge on any atom is 0.258 e. The van der Waals surface area contributed by atoms with Gasteiger partial charge in [0.1, 0.15) is 11.5 Å². The molecule has 1 amide bonds. The van der Waals surface area contributed by atoms with E-state index < -0.39 is 5.67 Å². The van der Waals surface area contributed by atoms with Crippen molar-refractivity contribution in [2.75, 3.05) is 65.0 Å². The average molecular weight is 558 g/mol. The van der Waals surface area contributed by atoms with Crippen LogP contribution in [-0.4, -0.2) is 66.8 Å². The van der Waals surface area contributed by atoms with Crippen molar-refractivity contribution in [3.05, 3.63) is 35.9 Å². The standard InChI is InChI=1S/C29H40FN5O3S/c1-3-17-38-24-6-7-25(31-26(24)35-13-10-28(2,30)20-35)32-27(37)22-5-4-21(33-39-18-16-36)19-23(22)34-14-11-29(8-9-29)12-15-34/h4-7,19,33,36H,3,8-18,20H2,1-2H3,(H,31,32,37). The van der Waals surface area contributed by atoms with Gasteiger partial charge in [-0.15, -0.1) is 0 Å². The molecule has 1 atom stereocenters. The Morgan fingerprint density at radius 1 is 1.13 bits per heavy atom. The van der Waals surface area contributed by atoms with Gasteiger partial charge in [-0.3, -0.25) is 4.79 Å². The number of carbonyl (C=O) groups is 1. The molecule has 10 heteroatoms. The molecule has 5 rings (SSSR count). The summed E-state index contributed by atoms with van der Waals surface area (Å²) in [7, 11) is 0. The molecule has 1 unspecified atom stereocenters. The number of hydrogen-bond acceptors (Lipinski definition) is 8. The van der Waals surface area contributed by atoms with Crippen LogP contribution in [0.3, 0.4) is 0 Å². The zero-order valence-corrected chi connectivity index (χ0v) is 23.8. The van der Waals surface area contributed by atoms with E-state index in [-0.39, 0.29) is 19.1 Å². The Balaban J connectivity index is 1.38. The van der Waals surface area contributed by atoms with Crippen molar-refractivity contribution in [1.29, 1.82) is 0 Å². The molecule has 1 spiro atoms. The molecule has 0 bridgehead atoms. The Labute approximate surface area is 234 Å². The van der Waals surface area contributed by atoms with E-state index in [4.69, 9.17) is 14.8 Å². The van der Waals surface area contributed by atoms with Crippen LogP contribution in [0.15, 0.2) is 30.3 Å².